The minimum Gasteiger partial charge on any atom is -0.310 e. The van der Waals surface area contributed by atoms with E-state index in [4.69, 9.17) is 0 Å². The highest BCUT2D eigenvalue weighted by molar-refractivity contribution is 5.83. The highest BCUT2D eigenvalue weighted by atomic mass is 16.1. The van der Waals surface area contributed by atoms with Gasteiger partial charge in [-0.15, -0.1) is 0 Å². The van der Waals surface area contributed by atoms with Crippen LogP contribution in [0.5, 0.6) is 0 Å². The Kier molecular flexibility index (Phi) is 2.70. The molecule has 0 spiro atoms. The van der Waals surface area contributed by atoms with Crippen molar-refractivity contribution >= 4 is 16.6 Å². The van der Waals surface area contributed by atoms with Gasteiger partial charge in [0.25, 0.3) is 5.56 Å². The van der Waals surface area contributed by atoms with Crippen LogP contribution in [0.1, 0.15) is 11.1 Å². The molecular weight excluding hydrogens is 272 g/mol. The van der Waals surface area contributed by atoms with Crippen LogP contribution < -0.4 is 5.56 Å². The van der Waals surface area contributed by atoms with E-state index >= 15 is 0 Å². The second-order valence-corrected chi connectivity index (χ2v) is 5.68. The van der Waals surface area contributed by atoms with Gasteiger partial charge in [-0.2, -0.15) is 0 Å². The maximum absolute atomic E-state index is 12.9. The molecule has 4 rings (SSSR count). The fourth-order valence-corrected chi connectivity index (χ4v) is 3.06. The Bertz CT molecular complexity index is 1050. The molecule has 0 aliphatic rings. The van der Waals surface area contributed by atoms with Crippen molar-refractivity contribution in [3.05, 3.63) is 82.3 Å². The lowest BCUT2D eigenvalue weighted by Crippen LogP contribution is -2.21. The number of aryl methyl sites for hydroxylation is 2. The Morgan fingerprint density at radius 3 is 2.32 bits per heavy atom. The van der Waals surface area contributed by atoms with Crippen molar-refractivity contribution in [2.45, 2.75) is 13.8 Å². The van der Waals surface area contributed by atoms with Gasteiger partial charge in [0.1, 0.15) is 5.52 Å². The van der Waals surface area contributed by atoms with Gasteiger partial charge in [-0.1, -0.05) is 29.8 Å². The standard InChI is InChI=1S/C19H16N2O/c1-13-8-10-15(11-9-13)21-16-6-3-5-14(2)18(16)20-12-4-7-17(20)19(21)22/h3-12H,1-2H3. The van der Waals surface area contributed by atoms with E-state index in [0.29, 0.717) is 5.52 Å². The molecule has 0 N–H and O–H groups in total. The summed E-state index contributed by atoms with van der Waals surface area (Å²) in [4.78, 5) is 12.9. The van der Waals surface area contributed by atoms with Crippen molar-refractivity contribution in [2.24, 2.45) is 0 Å². The normalized spacial score (nSPS) is 11.4. The number of para-hydroxylation sites is 1. The minimum atomic E-state index is 0.00644. The van der Waals surface area contributed by atoms with Gasteiger partial charge in [0.05, 0.1) is 11.0 Å². The number of fused-ring (bicyclic) bond motifs is 3. The monoisotopic (exact) mass is 288 g/mol. The van der Waals surface area contributed by atoms with Crippen molar-refractivity contribution in [3.63, 3.8) is 0 Å². The lowest BCUT2D eigenvalue weighted by Gasteiger charge is -2.14. The minimum absolute atomic E-state index is 0.00644. The van der Waals surface area contributed by atoms with E-state index in [1.807, 2.05) is 66.1 Å². The average molecular weight is 288 g/mol. The summed E-state index contributed by atoms with van der Waals surface area (Å²) in [6, 6.07) is 17.9. The molecule has 0 aliphatic carbocycles. The summed E-state index contributed by atoms with van der Waals surface area (Å²) in [6.45, 7) is 4.12. The summed E-state index contributed by atoms with van der Waals surface area (Å²) in [5.74, 6) is 0. The first kappa shape index (κ1) is 12.9. The molecular formula is C19H16N2O. The molecule has 108 valence electrons. The molecule has 0 atom stereocenters. The first-order valence-corrected chi connectivity index (χ1v) is 7.35. The topological polar surface area (TPSA) is 26.4 Å². The zero-order valence-electron chi connectivity index (χ0n) is 12.6. The summed E-state index contributed by atoms with van der Waals surface area (Å²) < 4.78 is 3.79. The number of hydrogen-bond donors (Lipinski definition) is 0. The smallest absolute Gasteiger partial charge is 0.279 e. The molecule has 22 heavy (non-hydrogen) atoms. The van der Waals surface area contributed by atoms with Crippen LogP contribution >= 0.6 is 0 Å². The van der Waals surface area contributed by atoms with Gasteiger partial charge >= 0.3 is 0 Å². The molecule has 0 saturated heterocycles. The molecule has 0 saturated carbocycles. The summed E-state index contributed by atoms with van der Waals surface area (Å²) in [5, 5.41) is 0. The summed E-state index contributed by atoms with van der Waals surface area (Å²) in [7, 11) is 0. The van der Waals surface area contributed by atoms with Gasteiger partial charge in [0.15, 0.2) is 0 Å². The molecule has 3 heteroatoms. The van der Waals surface area contributed by atoms with Crippen molar-refractivity contribution in [3.8, 4) is 5.69 Å². The SMILES string of the molecule is Cc1ccc(-n2c(=O)c3cccn3c3c(C)cccc32)cc1. The predicted molar refractivity (Wildman–Crippen MR) is 90.0 cm³/mol. The Hall–Kier alpha value is -2.81. The van der Waals surface area contributed by atoms with Crippen LogP contribution in [0.15, 0.2) is 65.6 Å². The van der Waals surface area contributed by atoms with Gasteiger partial charge in [0.2, 0.25) is 0 Å². The van der Waals surface area contributed by atoms with Crippen molar-refractivity contribution in [1.82, 2.24) is 8.97 Å². The second kappa shape index (κ2) is 4.60. The molecule has 0 unspecified atom stereocenters. The van der Waals surface area contributed by atoms with E-state index in [1.165, 1.54) is 5.56 Å². The van der Waals surface area contributed by atoms with Crippen LogP contribution in [-0.2, 0) is 0 Å². The van der Waals surface area contributed by atoms with Gasteiger partial charge in [-0.25, -0.2) is 0 Å². The van der Waals surface area contributed by atoms with E-state index in [-0.39, 0.29) is 5.56 Å². The predicted octanol–water partition coefficient (Wildman–Crippen LogP) is 3.86. The zero-order chi connectivity index (χ0) is 15.3. The van der Waals surface area contributed by atoms with Crippen LogP contribution in [0.25, 0.3) is 22.2 Å². The number of hydrogen-bond acceptors (Lipinski definition) is 1. The third-order valence-electron chi connectivity index (χ3n) is 4.16. The molecule has 0 aliphatic heterocycles. The molecule has 2 aromatic carbocycles. The molecule has 2 heterocycles. The third kappa shape index (κ3) is 1.72. The van der Waals surface area contributed by atoms with Crippen molar-refractivity contribution < 1.29 is 0 Å². The lowest BCUT2D eigenvalue weighted by atomic mass is 10.1. The second-order valence-electron chi connectivity index (χ2n) is 5.68. The van der Waals surface area contributed by atoms with Crippen molar-refractivity contribution in [2.75, 3.05) is 0 Å². The highest BCUT2D eigenvalue weighted by Gasteiger charge is 2.13. The molecule has 0 amide bonds. The Balaban J connectivity index is 2.25. The molecule has 0 radical (unpaired) electrons. The number of benzene rings is 2. The first-order chi connectivity index (χ1) is 10.7. The van der Waals surface area contributed by atoms with Crippen LogP contribution in [-0.4, -0.2) is 8.97 Å². The molecule has 0 bridgehead atoms. The maximum Gasteiger partial charge on any atom is 0.279 e. The third-order valence-corrected chi connectivity index (χ3v) is 4.16. The largest absolute Gasteiger partial charge is 0.310 e. The summed E-state index contributed by atoms with van der Waals surface area (Å²) >= 11 is 0. The first-order valence-electron chi connectivity index (χ1n) is 7.35. The highest BCUT2D eigenvalue weighted by Crippen LogP contribution is 2.22. The van der Waals surface area contributed by atoms with Crippen molar-refractivity contribution in [1.29, 1.82) is 0 Å². The number of nitrogens with zero attached hydrogens (tertiary/aromatic N) is 2. The fourth-order valence-electron chi connectivity index (χ4n) is 3.06. The Labute approximate surface area is 128 Å². The quantitative estimate of drug-likeness (QED) is 0.522. The fraction of sp³-hybridized carbons (Fsp3) is 0.105. The van der Waals surface area contributed by atoms with Crippen LogP contribution in [0, 0.1) is 13.8 Å². The Morgan fingerprint density at radius 2 is 1.55 bits per heavy atom. The van der Waals surface area contributed by atoms with Crippen LogP contribution in [0.4, 0.5) is 0 Å². The average Bonchev–Trinajstić information content (AvgIpc) is 2.99. The van der Waals surface area contributed by atoms with E-state index in [1.54, 1.807) is 4.57 Å². The van der Waals surface area contributed by atoms with E-state index < -0.39 is 0 Å². The summed E-state index contributed by atoms with van der Waals surface area (Å²) in [5.41, 5.74) is 5.94. The molecule has 3 nitrogen and oxygen atoms in total. The number of rotatable bonds is 1. The molecule has 4 aromatic rings. The Morgan fingerprint density at radius 1 is 0.818 bits per heavy atom. The van der Waals surface area contributed by atoms with Gasteiger partial charge in [0, 0.05) is 11.9 Å². The maximum atomic E-state index is 12.9. The molecule has 0 fully saturated rings. The number of aromatic nitrogens is 2. The zero-order valence-corrected chi connectivity index (χ0v) is 12.6. The van der Waals surface area contributed by atoms with Gasteiger partial charge < -0.3 is 4.40 Å². The van der Waals surface area contributed by atoms with Gasteiger partial charge in [-0.3, -0.25) is 9.36 Å². The van der Waals surface area contributed by atoms with E-state index in [2.05, 4.69) is 13.0 Å². The lowest BCUT2D eigenvalue weighted by molar-refractivity contribution is 1.02. The van der Waals surface area contributed by atoms with E-state index in [9.17, 15) is 4.79 Å². The van der Waals surface area contributed by atoms with Crippen LogP contribution in [0.2, 0.25) is 0 Å². The van der Waals surface area contributed by atoms with E-state index in [0.717, 1.165) is 22.3 Å². The molecule has 2 aromatic heterocycles. The van der Waals surface area contributed by atoms with Gasteiger partial charge in [-0.05, 0) is 49.7 Å². The van der Waals surface area contributed by atoms with Crippen LogP contribution in [0.3, 0.4) is 0 Å². The summed E-state index contributed by atoms with van der Waals surface area (Å²) in [6.07, 6.45) is 1.95.